The van der Waals surface area contributed by atoms with Crippen molar-refractivity contribution in [3.05, 3.63) is 188 Å². The molecule has 0 bridgehead atoms. The number of aromatic nitrogens is 2. The SMILES string of the molecule is [Se]=P(c1ccccc1)(c1ccccc1)c1ccc2c(c1)c1c3ccccc3ccc1c1nc3cc(-c4cccc5c4ccc4ccccc45)ccc3n21. The summed E-state index contributed by atoms with van der Waals surface area (Å²) < 4.78 is 2.39. The molecule has 0 radical (unpaired) electrons. The molecule has 0 N–H and O–H groups in total. The first kappa shape index (κ1) is 30.8. The maximum absolute atomic E-state index is 5.45. The Morgan fingerprint density at radius 3 is 1.79 bits per heavy atom. The standard InChI is InChI=1S/C49H31N2PSe/c53-52(35-14-3-1-4-15-35,36-16-5-2-6-17-36)37-25-29-46-44(31-37)48-40-19-10-8-13-33(40)23-27-43(48)49-50-45-30-34(24-28-47(45)51(46)49)39-20-11-21-41-38-18-9-7-12-32(38)22-26-42(39)41/h1-31H. The number of fused-ring (bicyclic) bond motifs is 13. The van der Waals surface area contributed by atoms with Gasteiger partial charge in [0.25, 0.3) is 0 Å². The van der Waals surface area contributed by atoms with E-state index in [1.54, 1.807) is 0 Å². The monoisotopic (exact) mass is 758 g/mol. The molecule has 2 aromatic heterocycles. The molecule has 11 aromatic rings. The van der Waals surface area contributed by atoms with Gasteiger partial charge < -0.3 is 0 Å². The van der Waals surface area contributed by atoms with Crippen molar-refractivity contribution >= 4 is 107 Å². The molecule has 0 atom stereocenters. The van der Waals surface area contributed by atoms with Crippen molar-refractivity contribution in [1.29, 1.82) is 0 Å². The third kappa shape index (κ3) is 4.59. The molecule has 53 heavy (non-hydrogen) atoms. The van der Waals surface area contributed by atoms with Crippen LogP contribution in [-0.4, -0.2) is 24.5 Å². The Labute approximate surface area is 314 Å². The van der Waals surface area contributed by atoms with Gasteiger partial charge in [0.1, 0.15) is 0 Å². The van der Waals surface area contributed by atoms with Crippen LogP contribution in [0.4, 0.5) is 0 Å². The maximum atomic E-state index is 5.45. The Morgan fingerprint density at radius 1 is 0.415 bits per heavy atom. The summed E-state index contributed by atoms with van der Waals surface area (Å²) in [6.07, 6.45) is 0. The normalized spacial score (nSPS) is 12.2. The molecule has 0 fully saturated rings. The first-order chi connectivity index (χ1) is 26.2. The average Bonchev–Trinajstić information content (AvgIpc) is 3.62. The van der Waals surface area contributed by atoms with Crippen molar-refractivity contribution in [3.8, 4) is 11.1 Å². The van der Waals surface area contributed by atoms with Gasteiger partial charge in [-0.1, -0.05) is 48.5 Å². The number of nitrogens with zero attached hydrogens (tertiary/aromatic N) is 2. The Balaban J connectivity index is 1.21. The third-order valence-corrected chi connectivity index (χ3v) is 18.1. The predicted molar refractivity (Wildman–Crippen MR) is 230 cm³/mol. The van der Waals surface area contributed by atoms with Crippen LogP contribution >= 0.6 is 5.51 Å². The molecule has 0 spiro atoms. The van der Waals surface area contributed by atoms with Gasteiger partial charge in [-0.05, 0) is 16.2 Å². The third-order valence-electron chi connectivity index (χ3n) is 11.0. The van der Waals surface area contributed by atoms with Gasteiger partial charge in [-0.2, -0.15) is 0 Å². The minimum absolute atomic E-state index is 0.984. The Morgan fingerprint density at radius 2 is 1.04 bits per heavy atom. The summed E-state index contributed by atoms with van der Waals surface area (Å²) in [5.74, 6) is 0. The van der Waals surface area contributed by atoms with Crippen LogP contribution < -0.4 is 15.9 Å². The molecule has 4 heteroatoms. The molecular weight excluding hydrogens is 726 g/mol. The van der Waals surface area contributed by atoms with E-state index >= 15 is 0 Å². The van der Waals surface area contributed by atoms with E-state index in [4.69, 9.17) is 4.98 Å². The van der Waals surface area contributed by atoms with E-state index in [-0.39, 0.29) is 0 Å². The van der Waals surface area contributed by atoms with Crippen LogP contribution in [0.5, 0.6) is 0 Å². The molecule has 0 aliphatic heterocycles. The van der Waals surface area contributed by atoms with E-state index in [1.807, 2.05) is 0 Å². The molecule has 11 rings (SSSR count). The van der Waals surface area contributed by atoms with Crippen molar-refractivity contribution in [1.82, 2.24) is 9.38 Å². The van der Waals surface area contributed by atoms with Crippen molar-refractivity contribution < 1.29 is 0 Å². The van der Waals surface area contributed by atoms with E-state index in [2.05, 4.69) is 208 Å². The minimum atomic E-state index is -2.09. The van der Waals surface area contributed by atoms with Crippen LogP contribution in [0.3, 0.4) is 0 Å². The molecule has 2 nitrogen and oxygen atoms in total. The molecule has 9 aromatic carbocycles. The van der Waals surface area contributed by atoms with Crippen LogP contribution in [-0.2, 0) is 0 Å². The van der Waals surface area contributed by atoms with Gasteiger partial charge in [0, 0.05) is 0 Å². The van der Waals surface area contributed by atoms with Gasteiger partial charge in [-0.15, -0.1) is 0 Å². The molecule has 0 unspecified atom stereocenters. The van der Waals surface area contributed by atoms with E-state index in [0.717, 1.165) is 27.6 Å². The summed E-state index contributed by atoms with van der Waals surface area (Å²) in [4.78, 5) is 5.45. The Kier molecular flexibility index (Phi) is 6.88. The van der Waals surface area contributed by atoms with Crippen LogP contribution in [0.1, 0.15) is 0 Å². The van der Waals surface area contributed by atoms with Gasteiger partial charge in [0.15, 0.2) is 0 Å². The zero-order valence-corrected chi connectivity index (χ0v) is 31.3. The van der Waals surface area contributed by atoms with Gasteiger partial charge in [-0.25, -0.2) is 0 Å². The summed E-state index contributed by atoms with van der Waals surface area (Å²) in [5, 5.41) is 15.1. The van der Waals surface area contributed by atoms with E-state index < -0.39 is 5.51 Å². The number of benzene rings is 9. The quantitative estimate of drug-likeness (QED) is 0.0993. The van der Waals surface area contributed by atoms with Crippen LogP contribution in [0.15, 0.2) is 188 Å². The molecule has 0 amide bonds. The van der Waals surface area contributed by atoms with Crippen molar-refractivity contribution in [2.45, 2.75) is 0 Å². The van der Waals surface area contributed by atoms with Gasteiger partial charge in [0.05, 0.1) is 0 Å². The molecule has 0 aliphatic carbocycles. The zero-order valence-electron chi connectivity index (χ0n) is 28.6. The number of imidazole rings is 1. The second-order valence-electron chi connectivity index (χ2n) is 13.9. The fourth-order valence-corrected chi connectivity index (χ4v) is 13.5. The topological polar surface area (TPSA) is 17.3 Å². The van der Waals surface area contributed by atoms with Crippen molar-refractivity contribution in [2.24, 2.45) is 0 Å². The first-order valence-corrected chi connectivity index (χ1v) is 22.0. The van der Waals surface area contributed by atoms with E-state index in [1.165, 1.54) is 70.1 Å². The average molecular weight is 758 g/mol. The second kappa shape index (κ2) is 11.9. The second-order valence-corrected chi connectivity index (χ2v) is 20.1. The number of rotatable bonds is 4. The molecular formula is C49H31N2PSe. The summed E-state index contributed by atoms with van der Waals surface area (Å²) in [7, 11) is 0. The Hall–Kier alpha value is -5.82. The molecule has 0 saturated carbocycles. The van der Waals surface area contributed by atoms with Crippen LogP contribution in [0.25, 0.3) is 81.8 Å². The van der Waals surface area contributed by atoms with E-state index in [9.17, 15) is 0 Å². The van der Waals surface area contributed by atoms with Crippen molar-refractivity contribution in [2.75, 3.05) is 0 Å². The predicted octanol–water partition coefficient (Wildman–Crippen LogP) is 11.3. The number of pyridine rings is 1. The fraction of sp³-hybridized carbons (Fsp3) is 0. The van der Waals surface area contributed by atoms with Gasteiger partial charge in [-0.3, -0.25) is 0 Å². The first-order valence-electron chi connectivity index (χ1n) is 18.0. The van der Waals surface area contributed by atoms with Crippen LogP contribution in [0.2, 0.25) is 0 Å². The molecule has 248 valence electrons. The Bertz CT molecular complexity index is 3270. The molecule has 2 heterocycles. The summed E-state index contributed by atoms with van der Waals surface area (Å²) in [6, 6.07) is 69.0. The summed E-state index contributed by atoms with van der Waals surface area (Å²) in [6.45, 7) is 0. The number of hydrogen-bond acceptors (Lipinski definition) is 1. The van der Waals surface area contributed by atoms with E-state index in [0.29, 0.717) is 0 Å². The number of hydrogen-bond donors (Lipinski definition) is 0. The zero-order chi connectivity index (χ0) is 35.1. The van der Waals surface area contributed by atoms with Gasteiger partial charge in [0.2, 0.25) is 0 Å². The molecule has 0 aliphatic rings. The molecule has 0 saturated heterocycles. The summed E-state index contributed by atoms with van der Waals surface area (Å²) in [5.41, 5.74) is 4.55. The van der Waals surface area contributed by atoms with Crippen molar-refractivity contribution in [3.63, 3.8) is 0 Å². The van der Waals surface area contributed by atoms with Crippen LogP contribution in [0, 0.1) is 0 Å². The summed E-state index contributed by atoms with van der Waals surface area (Å²) >= 11 is 3.79. The fourth-order valence-electron chi connectivity index (χ4n) is 8.55. The van der Waals surface area contributed by atoms with Gasteiger partial charge >= 0.3 is 251 Å².